The number of nitrogens with one attached hydrogen (secondary N) is 1. The van der Waals surface area contributed by atoms with Gasteiger partial charge in [0.2, 0.25) is 11.7 Å². The number of benzene rings is 2. The first-order chi connectivity index (χ1) is 11.1. The average Bonchev–Trinajstić information content (AvgIpc) is 2.98. The van der Waals surface area contributed by atoms with Crippen LogP contribution in [-0.4, -0.2) is 16.2 Å². The first-order valence-electron chi connectivity index (χ1n) is 6.74. The zero-order chi connectivity index (χ0) is 16.2. The molecular weight excluding hydrogens is 321 g/mol. The number of anilines is 1. The molecule has 5 nitrogen and oxygen atoms in total. The highest BCUT2D eigenvalue weighted by atomic mass is 35.5. The molecule has 7 heteroatoms. The predicted octanol–water partition coefficient (Wildman–Crippen LogP) is 3.71. The zero-order valence-corrected chi connectivity index (χ0v) is 12.5. The van der Waals surface area contributed by atoms with E-state index in [1.165, 1.54) is 24.3 Å². The third kappa shape index (κ3) is 3.73. The van der Waals surface area contributed by atoms with Crippen molar-refractivity contribution >= 4 is 23.3 Å². The minimum absolute atomic E-state index is 0.160. The largest absolute Gasteiger partial charge is 0.306 e. The summed E-state index contributed by atoms with van der Waals surface area (Å²) in [6.45, 7) is 0. The van der Waals surface area contributed by atoms with Gasteiger partial charge in [-0.15, -0.1) is 0 Å². The molecule has 0 atom stereocenters. The van der Waals surface area contributed by atoms with E-state index in [1.807, 2.05) is 0 Å². The maximum Gasteiger partial charge on any atom is 0.230 e. The number of nitrogens with zero attached hydrogens (tertiary/aromatic N) is 2. The minimum Gasteiger partial charge on any atom is -0.306 e. The molecule has 0 radical (unpaired) electrons. The molecule has 0 aliphatic heterocycles. The summed E-state index contributed by atoms with van der Waals surface area (Å²) >= 11 is 5.81. The molecular formula is C16H11ClFN3O2. The lowest BCUT2D eigenvalue weighted by Gasteiger charge is -2.04. The maximum absolute atomic E-state index is 13.0. The predicted molar refractivity (Wildman–Crippen MR) is 83.5 cm³/mol. The summed E-state index contributed by atoms with van der Waals surface area (Å²) in [7, 11) is 0. The number of amides is 1. The Morgan fingerprint density at radius 3 is 2.48 bits per heavy atom. The lowest BCUT2D eigenvalue weighted by Crippen LogP contribution is -2.15. The van der Waals surface area contributed by atoms with Gasteiger partial charge in [-0.05, 0) is 52.3 Å². The van der Waals surface area contributed by atoms with Gasteiger partial charge in [0.1, 0.15) is 5.82 Å². The smallest absolute Gasteiger partial charge is 0.230 e. The summed E-state index contributed by atoms with van der Waals surface area (Å²) in [6.07, 6.45) is 0.160. The summed E-state index contributed by atoms with van der Waals surface area (Å²) in [4.78, 5) is 12.1. The molecule has 0 saturated carbocycles. The second kappa shape index (κ2) is 6.58. The molecule has 1 heterocycles. The molecule has 0 bridgehead atoms. The highest BCUT2D eigenvalue weighted by Gasteiger charge is 2.15. The van der Waals surface area contributed by atoms with Crippen molar-refractivity contribution in [1.29, 1.82) is 0 Å². The van der Waals surface area contributed by atoms with Gasteiger partial charge in [-0.3, -0.25) is 4.79 Å². The number of halogens is 2. The van der Waals surface area contributed by atoms with Gasteiger partial charge in [0, 0.05) is 10.6 Å². The highest BCUT2D eigenvalue weighted by molar-refractivity contribution is 6.30. The van der Waals surface area contributed by atoms with Crippen LogP contribution in [-0.2, 0) is 11.2 Å². The second-order valence-corrected chi connectivity index (χ2v) is 5.26. The van der Waals surface area contributed by atoms with Gasteiger partial charge in [-0.25, -0.2) is 9.02 Å². The molecule has 0 aliphatic carbocycles. The van der Waals surface area contributed by atoms with Crippen molar-refractivity contribution in [2.45, 2.75) is 6.42 Å². The van der Waals surface area contributed by atoms with Crippen molar-refractivity contribution in [2.75, 3.05) is 5.32 Å². The Kier molecular flexibility index (Phi) is 4.34. The lowest BCUT2D eigenvalue weighted by molar-refractivity contribution is -0.115. The van der Waals surface area contributed by atoms with Crippen LogP contribution in [0.4, 0.5) is 10.2 Å². The van der Waals surface area contributed by atoms with E-state index in [1.54, 1.807) is 24.3 Å². The second-order valence-electron chi connectivity index (χ2n) is 4.82. The van der Waals surface area contributed by atoms with Crippen LogP contribution in [0.5, 0.6) is 0 Å². The summed E-state index contributed by atoms with van der Waals surface area (Å²) in [6, 6.07) is 12.6. The molecule has 3 rings (SSSR count). The number of aromatic nitrogens is 2. The van der Waals surface area contributed by atoms with Gasteiger partial charge in [-0.2, -0.15) is 0 Å². The fourth-order valence-electron chi connectivity index (χ4n) is 2.03. The molecule has 116 valence electrons. The van der Waals surface area contributed by atoms with Gasteiger partial charge >= 0.3 is 0 Å². The van der Waals surface area contributed by atoms with Gasteiger partial charge < -0.3 is 5.32 Å². The Labute approximate surface area is 136 Å². The topological polar surface area (TPSA) is 68.0 Å². The molecule has 0 spiro atoms. The van der Waals surface area contributed by atoms with Crippen molar-refractivity contribution in [3.8, 4) is 11.3 Å². The molecule has 0 fully saturated rings. The number of carbonyl (C=O) groups is 1. The number of rotatable bonds is 4. The van der Waals surface area contributed by atoms with Crippen LogP contribution in [0.2, 0.25) is 5.02 Å². The molecule has 23 heavy (non-hydrogen) atoms. The standard InChI is InChI=1S/C16H11ClFN3O2/c17-12-5-1-10(2-6-12)9-14(22)19-16-15(20-23-21-16)11-3-7-13(18)8-4-11/h1-8H,9H2,(H,19,21,22). The van der Waals surface area contributed by atoms with Crippen molar-refractivity contribution in [3.63, 3.8) is 0 Å². The monoisotopic (exact) mass is 331 g/mol. The molecule has 0 saturated heterocycles. The van der Waals surface area contributed by atoms with E-state index in [-0.39, 0.29) is 24.0 Å². The zero-order valence-electron chi connectivity index (χ0n) is 11.8. The fraction of sp³-hybridized carbons (Fsp3) is 0.0625. The first kappa shape index (κ1) is 15.2. The summed E-state index contributed by atoms with van der Waals surface area (Å²) in [5.74, 6) is -0.444. The Morgan fingerprint density at radius 2 is 1.78 bits per heavy atom. The van der Waals surface area contributed by atoms with Crippen molar-refractivity contribution in [1.82, 2.24) is 10.3 Å². The number of carbonyl (C=O) groups excluding carboxylic acids is 1. The number of hydrogen-bond donors (Lipinski definition) is 1. The fourth-order valence-corrected chi connectivity index (χ4v) is 2.16. The van der Waals surface area contributed by atoms with Crippen LogP contribution in [0.15, 0.2) is 53.2 Å². The Balaban J connectivity index is 1.73. The van der Waals surface area contributed by atoms with E-state index < -0.39 is 0 Å². The summed E-state index contributed by atoms with van der Waals surface area (Å²) in [5, 5.41) is 10.7. The molecule has 2 aromatic carbocycles. The van der Waals surface area contributed by atoms with Crippen molar-refractivity contribution in [2.24, 2.45) is 0 Å². The van der Waals surface area contributed by atoms with E-state index in [4.69, 9.17) is 11.6 Å². The van der Waals surface area contributed by atoms with E-state index in [2.05, 4.69) is 20.3 Å². The van der Waals surface area contributed by atoms with E-state index in [9.17, 15) is 9.18 Å². The van der Waals surface area contributed by atoms with E-state index in [0.29, 0.717) is 16.3 Å². The average molecular weight is 332 g/mol. The third-order valence-corrected chi connectivity index (χ3v) is 3.39. The van der Waals surface area contributed by atoms with Crippen LogP contribution in [0.3, 0.4) is 0 Å². The van der Waals surface area contributed by atoms with Crippen LogP contribution in [0, 0.1) is 5.82 Å². The van der Waals surface area contributed by atoms with Gasteiger partial charge in [0.05, 0.1) is 6.42 Å². The van der Waals surface area contributed by atoms with E-state index >= 15 is 0 Å². The number of hydrogen-bond acceptors (Lipinski definition) is 4. The van der Waals surface area contributed by atoms with Crippen molar-refractivity contribution in [3.05, 3.63) is 64.9 Å². The first-order valence-corrected chi connectivity index (χ1v) is 7.12. The van der Waals surface area contributed by atoms with E-state index in [0.717, 1.165) is 5.56 Å². The quantitative estimate of drug-likeness (QED) is 0.791. The van der Waals surface area contributed by atoms with Crippen molar-refractivity contribution < 1.29 is 13.8 Å². The van der Waals surface area contributed by atoms with Gasteiger partial charge in [-0.1, -0.05) is 23.7 Å². The van der Waals surface area contributed by atoms with Crippen LogP contribution < -0.4 is 5.32 Å². The molecule has 1 amide bonds. The van der Waals surface area contributed by atoms with Crippen LogP contribution in [0.25, 0.3) is 11.3 Å². The highest BCUT2D eigenvalue weighted by Crippen LogP contribution is 2.24. The van der Waals surface area contributed by atoms with Crippen LogP contribution >= 0.6 is 11.6 Å². The Bertz CT molecular complexity index is 816. The molecule has 1 aromatic heterocycles. The molecule has 0 aliphatic rings. The molecule has 0 unspecified atom stereocenters. The van der Waals surface area contributed by atoms with Crippen LogP contribution in [0.1, 0.15) is 5.56 Å². The SMILES string of the molecule is O=C(Cc1ccc(Cl)cc1)Nc1nonc1-c1ccc(F)cc1. The maximum atomic E-state index is 13.0. The molecule has 1 N–H and O–H groups in total. The lowest BCUT2D eigenvalue weighted by atomic mass is 10.1. The Hall–Kier alpha value is -2.73. The van der Waals surface area contributed by atoms with Gasteiger partial charge in [0.15, 0.2) is 5.69 Å². The Morgan fingerprint density at radius 1 is 1.09 bits per heavy atom. The van der Waals surface area contributed by atoms with Gasteiger partial charge in [0.25, 0.3) is 0 Å². The minimum atomic E-state index is -0.362. The third-order valence-electron chi connectivity index (χ3n) is 3.14. The normalized spacial score (nSPS) is 10.5. The summed E-state index contributed by atoms with van der Waals surface area (Å²) < 4.78 is 17.6. The summed E-state index contributed by atoms with van der Waals surface area (Å²) in [5.41, 5.74) is 1.75. The molecule has 3 aromatic rings.